The second-order valence-corrected chi connectivity index (χ2v) is 4.35. The molecule has 0 aromatic rings. The van der Waals surface area contributed by atoms with Gasteiger partial charge in [0.25, 0.3) is 0 Å². The van der Waals surface area contributed by atoms with E-state index in [9.17, 15) is 0 Å². The molecule has 0 aromatic carbocycles. The number of aliphatic imine (C=N–C) groups is 4. The largest absolute Gasteiger partial charge is 0.385 e. The van der Waals surface area contributed by atoms with Crippen LogP contribution >= 0.6 is 11.8 Å². The molecule has 0 amide bonds. The van der Waals surface area contributed by atoms with Gasteiger partial charge in [0, 0.05) is 5.75 Å². The van der Waals surface area contributed by atoms with Crippen molar-refractivity contribution >= 4 is 34.9 Å². The van der Waals surface area contributed by atoms with Crippen LogP contribution in [0.4, 0.5) is 0 Å². The summed E-state index contributed by atoms with van der Waals surface area (Å²) in [6, 6.07) is -0.236. The Balaban J connectivity index is 2.02. The van der Waals surface area contributed by atoms with Crippen LogP contribution in [-0.2, 0) is 0 Å². The van der Waals surface area contributed by atoms with Crippen LogP contribution in [0.5, 0.6) is 0 Å². The highest BCUT2D eigenvalue weighted by Gasteiger charge is 2.26. The third-order valence-corrected chi connectivity index (χ3v) is 3.03. The lowest BCUT2D eigenvalue weighted by molar-refractivity contribution is 0.898. The molecular weight excluding hydrogens is 210 g/mol. The summed E-state index contributed by atoms with van der Waals surface area (Å²) in [5.74, 6) is 2.18. The summed E-state index contributed by atoms with van der Waals surface area (Å²) in [6.07, 6.45) is 3.82. The lowest BCUT2D eigenvalue weighted by Gasteiger charge is -2.13. The number of rotatable bonds is 3. The number of unbranched alkanes of at least 4 members (excludes halogenated alkanes) is 1. The van der Waals surface area contributed by atoms with Crippen LogP contribution in [0.25, 0.3) is 0 Å². The Morgan fingerprint density at radius 2 is 2.33 bits per heavy atom. The van der Waals surface area contributed by atoms with Crippen LogP contribution in [0.2, 0.25) is 0 Å². The number of hydrogen-bond acceptors (Lipinski definition) is 6. The van der Waals surface area contributed by atoms with Gasteiger partial charge in [0.15, 0.2) is 17.0 Å². The standard InChI is InChI=1S/C9H13N5S/c1-2-3-4-15-9-13-7(10)6-8(14-9)12-5-11-6/h5-6H,2-4H2,1H3,(H2,10,11,12,13,14). The van der Waals surface area contributed by atoms with E-state index in [2.05, 4.69) is 26.9 Å². The monoisotopic (exact) mass is 223 g/mol. The topological polar surface area (TPSA) is 75.5 Å². The van der Waals surface area contributed by atoms with Crippen molar-refractivity contribution in [2.45, 2.75) is 25.8 Å². The van der Waals surface area contributed by atoms with Crippen LogP contribution in [-0.4, -0.2) is 35.0 Å². The lowest BCUT2D eigenvalue weighted by atomic mass is 10.2. The molecule has 2 aliphatic heterocycles. The van der Waals surface area contributed by atoms with Crippen molar-refractivity contribution in [3.63, 3.8) is 0 Å². The molecule has 2 heterocycles. The molecule has 1 atom stereocenters. The molecule has 0 saturated carbocycles. The molecule has 0 aromatic heterocycles. The van der Waals surface area contributed by atoms with E-state index < -0.39 is 0 Å². The fraction of sp³-hybridized carbons (Fsp3) is 0.556. The molecule has 0 fully saturated rings. The number of amidine groups is 3. The van der Waals surface area contributed by atoms with Gasteiger partial charge >= 0.3 is 0 Å². The van der Waals surface area contributed by atoms with Gasteiger partial charge < -0.3 is 5.73 Å². The second-order valence-electron chi connectivity index (χ2n) is 3.29. The molecule has 5 nitrogen and oxygen atoms in total. The zero-order valence-corrected chi connectivity index (χ0v) is 9.37. The summed E-state index contributed by atoms with van der Waals surface area (Å²) >= 11 is 1.62. The Bertz CT molecular complexity index is 369. The van der Waals surface area contributed by atoms with Crippen molar-refractivity contribution in [1.82, 2.24) is 0 Å². The molecule has 1 unspecified atom stereocenters. The highest BCUT2D eigenvalue weighted by atomic mass is 32.2. The van der Waals surface area contributed by atoms with Gasteiger partial charge in [0.05, 0.1) is 0 Å². The molecule has 0 aliphatic carbocycles. The van der Waals surface area contributed by atoms with E-state index in [1.807, 2.05) is 0 Å². The van der Waals surface area contributed by atoms with Crippen LogP contribution in [0.1, 0.15) is 19.8 Å². The third kappa shape index (κ3) is 2.26. The van der Waals surface area contributed by atoms with Crippen molar-refractivity contribution < 1.29 is 0 Å². The van der Waals surface area contributed by atoms with Crippen molar-refractivity contribution in [2.75, 3.05) is 5.75 Å². The highest BCUT2D eigenvalue weighted by Crippen LogP contribution is 2.16. The van der Waals surface area contributed by atoms with E-state index in [0.29, 0.717) is 16.8 Å². The second kappa shape index (κ2) is 4.57. The Kier molecular flexibility index (Phi) is 3.15. The summed E-state index contributed by atoms with van der Waals surface area (Å²) in [4.78, 5) is 16.6. The maximum Gasteiger partial charge on any atom is 0.191 e. The Morgan fingerprint density at radius 3 is 3.13 bits per heavy atom. The minimum atomic E-state index is -0.236. The smallest absolute Gasteiger partial charge is 0.191 e. The maximum atomic E-state index is 5.78. The van der Waals surface area contributed by atoms with Gasteiger partial charge in [-0.2, -0.15) is 0 Å². The van der Waals surface area contributed by atoms with Gasteiger partial charge in [0.2, 0.25) is 0 Å². The number of hydrogen-bond donors (Lipinski definition) is 1. The molecule has 2 rings (SSSR count). The van der Waals surface area contributed by atoms with Crippen molar-refractivity contribution in [1.29, 1.82) is 0 Å². The van der Waals surface area contributed by atoms with Gasteiger partial charge in [0.1, 0.15) is 12.2 Å². The number of thioether (sulfide) groups is 1. The average Bonchev–Trinajstić information content (AvgIpc) is 2.66. The molecule has 2 aliphatic rings. The first-order valence-corrected chi connectivity index (χ1v) is 5.94. The van der Waals surface area contributed by atoms with Gasteiger partial charge in [-0.15, -0.1) is 0 Å². The Hall–Kier alpha value is -1.17. The van der Waals surface area contributed by atoms with Gasteiger partial charge in [-0.1, -0.05) is 25.1 Å². The van der Waals surface area contributed by atoms with E-state index in [4.69, 9.17) is 5.73 Å². The lowest BCUT2D eigenvalue weighted by Crippen LogP contribution is -2.35. The predicted octanol–water partition coefficient (Wildman–Crippen LogP) is 1.06. The summed E-state index contributed by atoms with van der Waals surface area (Å²) in [6.45, 7) is 2.16. The number of nitrogens with two attached hydrogens (primary N) is 1. The number of fused-ring (bicyclic) bond motifs is 1. The van der Waals surface area contributed by atoms with Gasteiger partial charge in [-0.05, 0) is 6.42 Å². The molecule has 0 spiro atoms. The zero-order chi connectivity index (χ0) is 10.7. The highest BCUT2D eigenvalue weighted by molar-refractivity contribution is 8.13. The first-order valence-electron chi connectivity index (χ1n) is 4.96. The van der Waals surface area contributed by atoms with Crippen LogP contribution in [0.3, 0.4) is 0 Å². The Morgan fingerprint density at radius 1 is 1.47 bits per heavy atom. The van der Waals surface area contributed by atoms with Gasteiger partial charge in [-0.25, -0.2) is 15.0 Å². The first-order chi connectivity index (χ1) is 7.31. The molecule has 2 N–H and O–H groups in total. The van der Waals surface area contributed by atoms with E-state index >= 15 is 0 Å². The van der Waals surface area contributed by atoms with Crippen LogP contribution in [0.15, 0.2) is 20.0 Å². The van der Waals surface area contributed by atoms with Crippen molar-refractivity contribution in [2.24, 2.45) is 25.7 Å². The minimum Gasteiger partial charge on any atom is -0.385 e. The van der Waals surface area contributed by atoms with Crippen LogP contribution < -0.4 is 5.73 Å². The summed E-state index contributed by atoms with van der Waals surface area (Å²) in [5, 5.41) is 0.710. The summed E-state index contributed by atoms with van der Waals surface area (Å²) in [5.41, 5.74) is 5.78. The molecule has 0 radical (unpaired) electrons. The Labute approximate surface area is 92.7 Å². The fourth-order valence-corrected chi connectivity index (χ4v) is 2.21. The predicted molar refractivity (Wildman–Crippen MR) is 66.1 cm³/mol. The van der Waals surface area contributed by atoms with Crippen molar-refractivity contribution in [3.8, 4) is 0 Å². The number of nitrogens with zero attached hydrogens (tertiary/aromatic N) is 4. The quantitative estimate of drug-likeness (QED) is 0.726. The van der Waals surface area contributed by atoms with Crippen molar-refractivity contribution in [3.05, 3.63) is 0 Å². The van der Waals surface area contributed by atoms with E-state index in [-0.39, 0.29) is 6.04 Å². The van der Waals surface area contributed by atoms with Gasteiger partial charge in [-0.3, -0.25) is 4.99 Å². The molecule has 0 saturated heterocycles. The SMILES string of the molecule is CCCCSC1=NC2=NC=NC2C(N)=N1. The summed E-state index contributed by atoms with van der Waals surface area (Å²) < 4.78 is 0. The third-order valence-electron chi connectivity index (χ3n) is 2.09. The maximum absolute atomic E-state index is 5.78. The van der Waals surface area contributed by atoms with E-state index in [1.165, 1.54) is 12.8 Å². The normalized spacial score (nSPS) is 23.3. The molecule has 80 valence electrons. The fourth-order valence-electron chi connectivity index (χ4n) is 1.26. The van der Waals surface area contributed by atoms with E-state index in [1.54, 1.807) is 11.8 Å². The summed E-state index contributed by atoms with van der Waals surface area (Å²) in [7, 11) is 0. The molecular formula is C9H13N5S. The molecule has 6 heteroatoms. The zero-order valence-electron chi connectivity index (χ0n) is 8.55. The molecule has 0 bridgehead atoms. The molecule has 15 heavy (non-hydrogen) atoms. The first kappa shape index (κ1) is 10.4. The van der Waals surface area contributed by atoms with Crippen LogP contribution in [0, 0.1) is 0 Å². The average molecular weight is 223 g/mol. The minimum absolute atomic E-state index is 0.236. The van der Waals surface area contributed by atoms with E-state index in [0.717, 1.165) is 12.2 Å².